The summed E-state index contributed by atoms with van der Waals surface area (Å²) in [5.41, 5.74) is 0.845. The zero-order valence-corrected chi connectivity index (χ0v) is 13.3. The predicted octanol–water partition coefficient (Wildman–Crippen LogP) is 4.51. The van der Waals surface area contributed by atoms with Crippen LogP contribution in [-0.2, 0) is 4.79 Å². The van der Waals surface area contributed by atoms with Crippen molar-refractivity contribution in [3.63, 3.8) is 0 Å². The maximum Gasteiger partial charge on any atom is 0.294 e. The summed E-state index contributed by atoms with van der Waals surface area (Å²) in [4.78, 5) is 25.4. The van der Waals surface area contributed by atoms with Crippen LogP contribution in [-0.4, -0.2) is 21.0 Å². The minimum Gasteiger partial charge on any atom is -0.268 e. The second kappa shape index (κ2) is 6.11. The lowest BCUT2D eigenvalue weighted by atomic mass is 10.2. The van der Waals surface area contributed by atoms with E-state index >= 15 is 0 Å². The van der Waals surface area contributed by atoms with Gasteiger partial charge in [-0.05, 0) is 42.0 Å². The van der Waals surface area contributed by atoms with Crippen molar-refractivity contribution in [3.8, 4) is 0 Å². The van der Waals surface area contributed by atoms with E-state index in [0.717, 1.165) is 17.3 Å². The number of carbonyl (C=O) groups is 2. The first-order valence-electron chi connectivity index (χ1n) is 5.69. The predicted molar refractivity (Wildman–Crippen MR) is 82.3 cm³/mol. The van der Waals surface area contributed by atoms with Gasteiger partial charge in [0.15, 0.2) is 0 Å². The van der Waals surface area contributed by atoms with Gasteiger partial charge in [0.25, 0.3) is 11.1 Å². The molecule has 100 valence electrons. The van der Waals surface area contributed by atoms with E-state index in [2.05, 4.69) is 15.9 Å². The maximum absolute atomic E-state index is 12.1. The molecule has 6 heteroatoms. The molecular formula is C13H11BrClNO2S. The van der Waals surface area contributed by atoms with Gasteiger partial charge in [0.1, 0.15) is 0 Å². The van der Waals surface area contributed by atoms with Crippen molar-refractivity contribution >= 4 is 56.5 Å². The molecule has 3 nitrogen and oxygen atoms in total. The normalized spacial score (nSPS) is 19.3. The lowest BCUT2D eigenvalue weighted by Crippen LogP contribution is -2.34. The molecule has 0 bridgehead atoms. The van der Waals surface area contributed by atoms with Crippen molar-refractivity contribution in [2.45, 2.75) is 18.3 Å². The van der Waals surface area contributed by atoms with Gasteiger partial charge in [-0.15, -0.1) is 0 Å². The van der Waals surface area contributed by atoms with E-state index in [9.17, 15) is 9.59 Å². The monoisotopic (exact) mass is 359 g/mol. The highest BCUT2D eigenvalue weighted by atomic mass is 79.9. The highest BCUT2D eigenvalue weighted by molar-refractivity contribution is 9.09. The van der Waals surface area contributed by atoms with E-state index in [4.69, 9.17) is 11.6 Å². The smallest absolute Gasteiger partial charge is 0.268 e. The van der Waals surface area contributed by atoms with Crippen molar-refractivity contribution in [1.29, 1.82) is 0 Å². The van der Waals surface area contributed by atoms with Crippen LogP contribution < -0.4 is 0 Å². The topological polar surface area (TPSA) is 37.4 Å². The first-order chi connectivity index (χ1) is 9.02. The van der Waals surface area contributed by atoms with Crippen molar-refractivity contribution in [2.75, 3.05) is 0 Å². The molecule has 1 saturated heterocycles. The summed E-state index contributed by atoms with van der Waals surface area (Å²) in [5.74, 6) is -0.256. The summed E-state index contributed by atoms with van der Waals surface area (Å²) >= 11 is 10.1. The fraction of sp³-hybridized carbons (Fsp3) is 0.231. The van der Waals surface area contributed by atoms with E-state index in [-0.39, 0.29) is 16.1 Å². The second-order valence-corrected chi connectivity index (χ2v) is 6.43. The van der Waals surface area contributed by atoms with Crippen LogP contribution in [0.4, 0.5) is 4.79 Å². The fourth-order valence-corrected chi connectivity index (χ4v) is 3.13. The van der Waals surface area contributed by atoms with Crippen LogP contribution in [0, 0.1) is 0 Å². The van der Waals surface area contributed by atoms with Gasteiger partial charge in [-0.2, -0.15) is 0 Å². The Kier molecular flexibility index (Phi) is 4.71. The minimum atomic E-state index is -0.256. The van der Waals surface area contributed by atoms with E-state index in [1.807, 2.05) is 19.1 Å². The van der Waals surface area contributed by atoms with Crippen LogP contribution in [0.5, 0.6) is 0 Å². The lowest BCUT2D eigenvalue weighted by molar-refractivity contribution is -0.123. The van der Waals surface area contributed by atoms with E-state index in [0.29, 0.717) is 16.3 Å². The van der Waals surface area contributed by atoms with E-state index in [1.54, 1.807) is 18.2 Å². The highest BCUT2D eigenvalue weighted by Crippen LogP contribution is 2.35. The highest BCUT2D eigenvalue weighted by Gasteiger charge is 2.38. The van der Waals surface area contributed by atoms with Gasteiger partial charge in [-0.25, -0.2) is 0 Å². The summed E-state index contributed by atoms with van der Waals surface area (Å²) in [6, 6.07) is 7.11. The molecule has 2 rings (SSSR count). The molecule has 1 unspecified atom stereocenters. The zero-order valence-electron chi connectivity index (χ0n) is 10.1. The molecule has 0 spiro atoms. The Morgan fingerprint density at radius 1 is 1.37 bits per heavy atom. The molecule has 1 aromatic carbocycles. The largest absolute Gasteiger partial charge is 0.294 e. The summed E-state index contributed by atoms with van der Waals surface area (Å²) in [6.45, 7) is 1.91. The zero-order chi connectivity index (χ0) is 14.0. The van der Waals surface area contributed by atoms with Gasteiger partial charge < -0.3 is 0 Å². The van der Waals surface area contributed by atoms with Crippen LogP contribution >= 0.6 is 39.3 Å². The molecule has 1 aliphatic heterocycles. The lowest BCUT2D eigenvalue weighted by Gasteiger charge is -2.17. The van der Waals surface area contributed by atoms with Crippen molar-refractivity contribution in [3.05, 3.63) is 39.8 Å². The third kappa shape index (κ3) is 3.22. The third-order valence-electron chi connectivity index (χ3n) is 2.61. The van der Waals surface area contributed by atoms with Gasteiger partial charge in [-0.3, -0.25) is 14.5 Å². The Morgan fingerprint density at radius 3 is 2.58 bits per heavy atom. The molecule has 1 fully saturated rings. The van der Waals surface area contributed by atoms with Crippen LogP contribution in [0.1, 0.15) is 18.9 Å². The van der Waals surface area contributed by atoms with Crippen LogP contribution in [0.2, 0.25) is 5.02 Å². The van der Waals surface area contributed by atoms with Gasteiger partial charge in [-0.1, -0.05) is 46.6 Å². The SMILES string of the molecule is CCC(Br)N1C(=O)S/C(=C\c2ccc(Cl)cc2)C1=O. The number of alkyl halides is 1. The number of imide groups is 1. The van der Waals surface area contributed by atoms with Crippen LogP contribution in [0.25, 0.3) is 6.08 Å². The Labute approximate surface area is 129 Å². The average Bonchev–Trinajstić information content (AvgIpc) is 2.66. The first kappa shape index (κ1) is 14.6. The molecule has 2 amide bonds. The summed E-state index contributed by atoms with van der Waals surface area (Å²) in [6.07, 6.45) is 2.38. The molecular weight excluding hydrogens is 350 g/mol. The summed E-state index contributed by atoms with van der Waals surface area (Å²) < 4.78 is 0. The number of nitrogens with zero attached hydrogens (tertiary/aromatic N) is 1. The van der Waals surface area contributed by atoms with Gasteiger partial charge in [0, 0.05) is 5.02 Å². The Hall–Kier alpha value is -0.780. The number of rotatable bonds is 3. The molecule has 0 N–H and O–H groups in total. The maximum atomic E-state index is 12.1. The van der Waals surface area contributed by atoms with Gasteiger partial charge in [0.2, 0.25) is 0 Å². The molecule has 0 aliphatic carbocycles. The molecule has 0 saturated carbocycles. The first-order valence-corrected chi connectivity index (χ1v) is 7.80. The fourth-order valence-electron chi connectivity index (χ4n) is 1.61. The second-order valence-electron chi connectivity index (χ2n) is 3.95. The minimum absolute atomic E-state index is 0.242. The standard InChI is InChI=1S/C13H11BrClNO2S/c1-2-11(14)16-12(17)10(19-13(16)18)7-8-3-5-9(15)6-4-8/h3-7,11H,2H2,1H3/b10-7-. The van der Waals surface area contributed by atoms with Crippen LogP contribution in [0.3, 0.4) is 0 Å². The van der Waals surface area contributed by atoms with Crippen molar-refractivity contribution in [1.82, 2.24) is 4.90 Å². The van der Waals surface area contributed by atoms with Crippen molar-refractivity contribution in [2.24, 2.45) is 0 Å². The molecule has 19 heavy (non-hydrogen) atoms. The van der Waals surface area contributed by atoms with Crippen LogP contribution in [0.15, 0.2) is 29.2 Å². The van der Waals surface area contributed by atoms with Gasteiger partial charge >= 0.3 is 0 Å². The molecule has 1 aromatic rings. The molecule has 1 heterocycles. The number of halogens is 2. The summed E-state index contributed by atoms with van der Waals surface area (Å²) in [5, 5.41) is 0.394. The molecule has 0 radical (unpaired) electrons. The number of thioether (sulfide) groups is 1. The molecule has 1 aliphatic rings. The number of benzene rings is 1. The number of carbonyl (C=O) groups excluding carboxylic acids is 2. The third-order valence-corrected chi connectivity index (χ3v) is 4.80. The quantitative estimate of drug-likeness (QED) is 0.452. The Morgan fingerprint density at radius 2 is 2.00 bits per heavy atom. The molecule has 0 aromatic heterocycles. The average molecular weight is 361 g/mol. The molecule has 1 atom stereocenters. The number of hydrogen-bond donors (Lipinski definition) is 0. The Balaban J connectivity index is 2.25. The number of hydrogen-bond acceptors (Lipinski definition) is 3. The van der Waals surface area contributed by atoms with E-state index in [1.165, 1.54) is 4.90 Å². The van der Waals surface area contributed by atoms with Gasteiger partial charge in [0.05, 0.1) is 9.86 Å². The van der Waals surface area contributed by atoms with Crippen molar-refractivity contribution < 1.29 is 9.59 Å². The van der Waals surface area contributed by atoms with E-state index < -0.39 is 0 Å². The Bertz CT molecular complexity index is 544. The number of amides is 2. The summed E-state index contributed by atoms with van der Waals surface area (Å²) in [7, 11) is 0.